The molecule has 0 unspecified atom stereocenters. The van der Waals surface area contributed by atoms with Crippen LogP contribution in [-0.4, -0.2) is 26.4 Å². The molecule has 0 aliphatic heterocycles. The molecule has 170 valence electrons. The molecule has 0 spiro atoms. The van der Waals surface area contributed by atoms with Crippen molar-refractivity contribution in [2.75, 3.05) is 11.1 Å². The first-order valence-corrected chi connectivity index (χ1v) is 12.1. The first kappa shape index (κ1) is 23.6. The van der Waals surface area contributed by atoms with Crippen molar-refractivity contribution in [3.05, 3.63) is 88.9 Å². The van der Waals surface area contributed by atoms with Gasteiger partial charge in [-0.25, -0.2) is 0 Å². The summed E-state index contributed by atoms with van der Waals surface area (Å²) in [6.07, 6.45) is 0. The molecule has 8 heteroatoms. The fraction of sp³-hybridized carbons (Fsp3) is 0.154. The van der Waals surface area contributed by atoms with Crippen molar-refractivity contribution in [3.63, 3.8) is 0 Å². The molecule has 6 nitrogen and oxygen atoms in total. The second-order valence-electron chi connectivity index (χ2n) is 7.86. The number of nitrogens with zero attached hydrogens (tertiary/aromatic N) is 4. The van der Waals surface area contributed by atoms with Crippen LogP contribution < -0.4 is 5.32 Å². The summed E-state index contributed by atoms with van der Waals surface area (Å²) >= 11 is 7.38. The van der Waals surface area contributed by atoms with E-state index in [0.29, 0.717) is 27.3 Å². The normalized spacial score (nSPS) is 10.8. The molecule has 1 amide bonds. The van der Waals surface area contributed by atoms with Gasteiger partial charge in [-0.15, -0.1) is 10.2 Å². The number of hydrogen-bond acceptors (Lipinski definition) is 5. The second-order valence-corrected chi connectivity index (χ2v) is 9.24. The van der Waals surface area contributed by atoms with E-state index in [9.17, 15) is 10.1 Å². The molecule has 0 aliphatic carbocycles. The van der Waals surface area contributed by atoms with E-state index in [4.69, 9.17) is 11.6 Å². The number of amides is 1. The number of rotatable bonds is 7. The number of halogens is 1. The fourth-order valence-electron chi connectivity index (χ4n) is 3.55. The van der Waals surface area contributed by atoms with Crippen molar-refractivity contribution in [1.29, 1.82) is 5.26 Å². The number of aromatic nitrogens is 3. The highest BCUT2D eigenvalue weighted by Crippen LogP contribution is 2.32. The van der Waals surface area contributed by atoms with Gasteiger partial charge in [-0.05, 0) is 53.9 Å². The molecular weight excluding hydrogens is 466 g/mol. The SMILES string of the molecule is CC(C)c1ccccc1-n1c(SCC(=O)Nc2ccccc2C#N)nnc1-c1ccc(Cl)cc1. The lowest BCUT2D eigenvalue weighted by molar-refractivity contribution is -0.113. The largest absolute Gasteiger partial charge is 0.324 e. The molecule has 4 aromatic rings. The molecule has 0 saturated heterocycles. The van der Waals surface area contributed by atoms with Crippen LogP contribution in [0.1, 0.15) is 30.9 Å². The monoisotopic (exact) mass is 487 g/mol. The molecule has 3 aromatic carbocycles. The summed E-state index contributed by atoms with van der Waals surface area (Å²) in [6, 6.07) is 24.6. The quantitative estimate of drug-likeness (QED) is 0.308. The van der Waals surface area contributed by atoms with Gasteiger partial charge in [0.1, 0.15) is 6.07 Å². The minimum absolute atomic E-state index is 0.113. The molecule has 34 heavy (non-hydrogen) atoms. The van der Waals surface area contributed by atoms with E-state index in [1.165, 1.54) is 11.8 Å². The van der Waals surface area contributed by atoms with Crippen LogP contribution >= 0.6 is 23.4 Å². The second kappa shape index (κ2) is 10.6. The molecule has 0 radical (unpaired) electrons. The summed E-state index contributed by atoms with van der Waals surface area (Å²) in [4.78, 5) is 12.7. The smallest absolute Gasteiger partial charge is 0.234 e. The molecule has 0 saturated carbocycles. The fourth-order valence-corrected chi connectivity index (χ4v) is 4.42. The van der Waals surface area contributed by atoms with E-state index in [1.54, 1.807) is 24.3 Å². The van der Waals surface area contributed by atoms with Crippen molar-refractivity contribution in [2.24, 2.45) is 0 Å². The van der Waals surface area contributed by atoms with Crippen molar-refractivity contribution in [1.82, 2.24) is 14.8 Å². The Morgan fingerprint density at radius 2 is 1.76 bits per heavy atom. The predicted octanol–water partition coefficient (Wildman–Crippen LogP) is 6.31. The highest BCUT2D eigenvalue weighted by atomic mass is 35.5. The Balaban J connectivity index is 1.67. The highest BCUT2D eigenvalue weighted by Gasteiger charge is 2.20. The third kappa shape index (κ3) is 5.14. The molecule has 1 heterocycles. The molecule has 0 fully saturated rings. The van der Waals surface area contributed by atoms with Gasteiger partial charge >= 0.3 is 0 Å². The molecule has 1 N–H and O–H groups in total. The van der Waals surface area contributed by atoms with E-state index in [1.807, 2.05) is 47.0 Å². The maximum absolute atomic E-state index is 12.7. The molecular formula is C26H22ClN5OS. The van der Waals surface area contributed by atoms with Crippen LogP contribution in [0.4, 0.5) is 5.69 Å². The van der Waals surface area contributed by atoms with Crippen LogP contribution in [0.5, 0.6) is 0 Å². The molecule has 0 bridgehead atoms. The average Bonchev–Trinajstić information content (AvgIpc) is 3.27. The zero-order chi connectivity index (χ0) is 24.1. The summed E-state index contributed by atoms with van der Waals surface area (Å²) in [7, 11) is 0. The van der Waals surface area contributed by atoms with E-state index in [0.717, 1.165) is 16.8 Å². The van der Waals surface area contributed by atoms with Crippen LogP contribution in [0.25, 0.3) is 17.1 Å². The van der Waals surface area contributed by atoms with E-state index in [2.05, 4.69) is 41.5 Å². The van der Waals surface area contributed by atoms with Gasteiger partial charge in [0, 0.05) is 10.6 Å². The average molecular weight is 488 g/mol. The number of carbonyl (C=O) groups excluding carboxylic acids is 1. The van der Waals surface area contributed by atoms with Gasteiger partial charge in [0.2, 0.25) is 5.91 Å². The molecule has 0 aliphatic rings. The minimum atomic E-state index is -0.229. The Kier molecular flexibility index (Phi) is 7.31. The van der Waals surface area contributed by atoms with E-state index >= 15 is 0 Å². The summed E-state index contributed by atoms with van der Waals surface area (Å²) < 4.78 is 1.99. The van der Waals surface area contributed by atoms with Gasteiger partial charge in [0.25, 0.3) is 0 Å². The van der Waals surface area contributed by atoms with E-state index < -0.39 is 0 Å². The number of thioether (sulfide) groups is 1. The van der Waals surface area contributed by atoms with Crippen LogP contribution in [-0.2, 0) is 4.79 Å². The summed E-state index contributed by atoms with van der Waals surface area (Å²) in [5.74, 6) is 0.831. The minimum Gasteiger partial charge on any atom is -0.324 e. The lowest BCUT2D eigenvalue weighted by atomic mass is 10.0. The van der Waals surface area contributed by atoms with Crippen molar-refractivity contribution in [3.8, 4) is 23.1 Å². The van der Waals surface area contributed by atoms with Crippen LogP contribution in [0.15, 0.2) is 78.0 Å². The Morgan fingerprint density at radius 3 is 2.50 bits per heavy atom. The third-order valence-electron chi connectivity index (χ3n) is 5.19. The first-order valence-electron chi connectivity index (χ1n) is 10.7. The maximum atomic E-state index is 12.7. The Bertz CT molecular complexity index is 1360. The zero-order valence-corrected chi connectivity index (χ0v) is 20.3. The molecule has 1 aromatic heterocycles. The van der Waals surface area contributed by atoms with E-state index in [-0.39, 0.29) is 17.6 Å². The number of nitrogens with one attached hydrogen (secondary N) is 1. The van der Waals surface area contributed by atoms with Gasteiger partial charge in [-0.3, -0.25) is 9.36 Å². The number of nitriles is 1. The topological polar surface area (TPSA) is 83.6 Å². The first-order chi connectivity index (χ1) is 16.5. The number of para-hydroxylation sites is 2. The number of carbonyl (C=O) groups is 1. The Morgan fingerprint density at radius 1 is 1.06 bits per heavy atom. The lowest BCUT2D eigenvalue weighted by Crippen LogP contribution is -2.15. The summed E-state index contributed by atoms with van der Waals surface area (Å²) in [5, 5.41) is 22.2. The molecule has 0 atom stereocenters. The third-order valence-corrected chi connectivity index (χ3v) is 6.37. The van der Waals surface area contributed by atoms with Crippen molar-refractivity contribution >= 4 is 35.0 Å². The number of hydrogen-bond donors (Lipinski definition) is 1. The summed E-state index contributed by atoms with van der Waals surface area (Å²) in [6.45, 7) is 4.27. The van der Waals surface area contributed by atoms with Gasteiger partial charge in [0.15, 0.2) is 11.0 Å². The predicted molar refractivity (Wildman–Crippen MR) is 136 cm³/mol. The highest BCUT2D eigenvalue weighted by molar-refractivity contribution is 7.99. The van der Waals surface area contributed by atoms with Gasteiger partial charge in [-0.2, -0.15) is 5.26 Å². The number of benzene rings is 3. The lowest BCUT2D eigenvalue weighted by Gasteiger charge is -2.17. The van der Waals surface area contributed by atoms with Crippen LogP contribution in [0, 0.1) is 11.3 Å². The van der Waals surface area contributed by atoms with Gasteiger partial charge in [-0.1, -0.05) is 67.5 Å². The van der Waals surface area contributed by atoms with Crippen molar-refractivity contribution in [2.45, 2.75) is 24.9 Å². The summed E-state index contributed by atoms with van der Waals surface area (Å²) in [5.41, 5.74) is 3.88. The number of anilines is 1. The van der Waals surface area contributed by atoms with Gasteiger partial charge in [0.05, 0.1) is 22.7 Å². The van der Waals surface area contributed by atoms with Crippen LogP contribution in [0.3, 0.4) is 0 Å². The van der Waals surface area contributed by atoms with Crippen molar-refractivity contribution < 1.29 is 4.79 Å². The standard InChI is InChI=1S/C26H22ClN5OS/c1-17(2)21-8-4-6-10-23(21)32-25(18-11-13-20(27)14-12-18)30-31-26(32)34-16-24(33)29-22-9-5-3-7-19(22)15-28/h3-14,17H,16H2,1-2H3,(H,29,33). The maximum Gasteiger partial charge on any atom is 0.234 e. The van der Waals surface area contributed by atoms with Gasteiger partial charge < -0.3 is 5.32 Å². The van der Waals surface area contributed by atoms with Crippen LogP contribution in [0.2, 0.25) is 5.02 Å². The Hall–Kier alpha value is -3.60. The Labute approximate surface area is 207 Å². The zero-order valence-electron chi connectivity index (χ0n) is 18.7. The molecule has 4 rings (SSSR count).